The lowest BCUT2D eigenvalue weighted by atomic mass is 9.99. The second-order valence-corrected chi connectivity index (χ2v) is 5.02. The van der Waals surface area contributed by atoms with Crippen LogP contribution < -0.4 is 10.6 Å². The smallest absolute Gasteiger partial charge is 0.241 e. The molecule has 0 saturated carbocycles. The molecule has 1 amide bonds. The number of piperidine rings is 1. The second kappa shape index (κ2) is 5.71. The van der Waals surface area contributed by atoms with E-state index >= 15 is 0 Å². The molecule has 0 aliphatic carbocycles. The van der Waals surface area contributed by atoms with Crippen LogP contribution in [0, 0.1) is 5.92 Å². The molecule has 18 heavy (non-hydrogen) atoms. The van der Waals surface area contributed by atoms with Gasteiger partial charge in [0.05, 0.1) is 0 Å². The summed E-state index contributed by atoms with van der Waals surface area (Å²) in [5.41, 5.74) is 7.33. The lowest BCUT2D eigenvalue weighted by Crippen LogP contribution is -2.34. The van der Waals surface area contributed by atoms with Crippen molar-refractivity contribution in [1.82, 2.24) is 0 Å². The van der Waals surface area contributed by atoms with Gasteiger partial charge in [0.1, 0.15) is 0 Å². The van der Waals surface area contributed by atoms with Crippen LogP contribution in [-0.2, 0) is 4.79 Å². The Hall–Kier alpha value is -1.77. The molecule has 0 bridgehead atoms. The number of carbonyl (C=O) groups is 1. The summed E-state index contributed by atoms with van der Waals surface area (Å²) < 4.78 is 0. The Kier molecular flexibility index (Phi) is 4.03. The van der Waals surface area contributed by atoms with Gasteiger partial charge < -0.3 is 10.6 Å². The third-order valence-corrected chi connectivity index (χ3v) is 3.36. The fourth-order valence-corrected chi connectivity index (χ4v) is 2.40. The zero-order chi connectivity index (χ0) is 13.0. The highest BCUT2D eigenvalue weighted by Crippen LogP contribution is 2.23. The average molecular weight is 244 g/mol. The fraction of sp³-hybridized carbons (Fsp3) is 0.400. The summed E-state index contributed by atoms with van der Waals surface area (Å²) in [6, 6.07) is 8.26. The molecule has 1 aliphatic heterocycles. The molecule has 96 valence electrons. The van der Waals surface area contributed by atoms with Gasteiger partial charge in [0.2, 0.25) is 5.91 Å². The molecule has 1 aromatic rings. The largest absolute Gasteiger partial charge is 0.371 e. The van der Waals surface area contributed by atoms with E-state index in [4.69, 9.17) is 5.73 Å². The third kappa shape index (κ3) is 3.36. The number of nitrogens with zero attached hydrogens (tertiary/aromatic N) is 1. The second-order valence-electron chi connectivity index (χ2n) is 5.02. The van der Waals surface area contributed by atoms with E-state index in [0.29, 0.717) is 0 Å². The zero-order valence-corrected chi connectivity index (χ0v) is 10.8. The molecule has 1 aromatic carbocycles. The number of hydrogen-bond donors (Lipinski definition) is 1. The standard InChI is InChI=1S/C15H20N2O/c1-12-3-2-10-17(11-12)14-7-4-13(5-8-14)6-9-15(16)18/h4-9,12H,2-3,10-11H2,1H3,(H2,16,18)/b9-6-. The molecule has 1 atom stereocenters. The lowest BCUT2D eigenvalue weighted by molar-refractivity contribution is -0.113. The zero-order valence-electron chi connectivity index (χ0n) is 10.8. The highest BCUT2D eigenvalue weighted by molar-refractivity contribution is 5.90. The van der Waals surface area contributed by atoms with E-state index in [0.717, 1.165) is 24.6 Å². The highest BCUT2D eigenvalue weighted by Gasteiger charge is 2.16. The van der Waals surface area contributed by atoms with Crippen molar-refractivity contribution in [2.75, 3.05) is 18.0 Å². The topological polar surface area (TPSA) is 46.3 Å². The lowest BCUT2D eigenvalue weighted by Gasteiger charge is -2.32. The maximum atomic E-state index is 10.7. The van der Waals surface area contributed by atoms with Crippen molar-refractivity contribution >= 4 is 17.7 Å². The minimum Gasteiger partial charge on any atom is -0.371 e. The Balaban J connectivity index is 2.05. The van der Waals surface area contributed by atoms with Crippen molar-refractivity contribution < 1.29 is 4.79 Å². The summed E-state index contributed by atoms with van der Waals surface area (Å²) in [5.74, 6) is 0.358. The molecule has 2 rings (SSSR count). The molecular formula is C15H20N2O. The Labute approximate surface area is 108 Å². The van der Waals surface area contributed by atoms with Crippen molar-refractivity contribution in [2.24, 2.45) is 11.7 Å². The Morgan fingerprint density at radius 3 is 2.72 bits per heavy atom. The summed E-state index contributed by atoms with van der Waals surface area (Å²) in [4.78, 5) is 13.1. The van der Waals surface area contributed by atoms with Gasteiger partial charge >= 0.3 is 0 Å². The van der Waals surface area contributed by atoms with Crippen LogP contribution in [-0.4, -0.2) is 19.0 Å². The number of hydrogen-bond acceptors (Lipinski definition) is 2. The molecule has 1 heterocycles. The van der Waals surface area contributed by atoms with Gasteiger partial charge in [-0.3, -0.25) is 4.79 Å². The first-order chi connectivity index (χ1) is 8.65. The number of primary amides is 1. The first kappa shape index (κ1) is 12.7. The minimum atomic E-state index is -0.413. The first-order valence-electron chi connectivity index (χ1n) is 6.47. The number of carbonyl (C=O) groups excluding carboxylic acids is 1. The van der Waals surface area contributed by atoms with Gasteiger partial charge in [0, 0.05) is 24.9 Å². The summed E-state index contributed by atoms with van der Waals surface area (Å²) in [5, 5.41) is 0. The van der Waals surface area contributed by atoms with Crippen LogP contribution >= 0.6 is 0 Å². The van der Waals surface area contributed by atoms with Gasteiger partial charge in [-0.2, -0.15) is 0 Å². The first-order valence-corrected chi connectivity index (χ1v) is 6.47. The molecule has 1 aliphatic rings. The van der Waals surface area contributed by atoms with E-state index in [1.54, 1.807) is 6.08 Å². The van der Waals surface area contributed by atoms with Crippen molar-refractivity contribution in [2.45, 2.75) is 19.8 Å². The molecule has 0 aromatic heterocycles. The Morgan fingerprint density at radius 1 is 1.39 bits per heavy atom. The number of rotatable bonds is 3. The monoisotopic (exact) mass is 244 g/mol. The normalized spacial score (nSPS) is 20.3. The molecular weight excluding hydrogens is 224 g/mol. The van der Waals surface area contributed by atoms with Gasteiger partial charge in [0.25, 0.3) is 0 Å². The molecule has 3 heteroatoms. The van der Waals surface area contributed by atoms with E-state index < -0.39 is 5.91 Å². The molecule has 1 saturated heterocycles. The van der Waals surface area contributed by atoms with E-state index in [1.165, 1.54) is 24.6 Å². The predicted molar refractivity (Wildman–Crippen MR) is 75.3 cm³/mol. The van der Waals surface area contributed by atoms with Crippen LogP contribution in [0.4, 0.5) is 5.69 Å². The van der Waals surface area contributed by atoms with Crippen LogP contribution in [0.5, 0.6) is 0 Å². The molecule has 1 fully saturated rings. The van der Waals surface area contributed by atoms with Gasteiger partial charge in [-0.1, -0.05) is 19.1 Å². The van der Waals surface area contributed by atoms with E-state index in [2.05, 4.69) is 24.0 Å². The quantitative estimate of drug-likeness (QED) is 0.830. The van der Waals surface area contributed by atoms with Gasteiger partial charge in [-0.15, -0.1) is 0 Å². The van der Waals surface area contributed by atoms with Crippen LogP contribution in [0.25, 0.3) is 6.08 Å². The SMILES string of the molecule is CC1CCCN(c2ccc(/C=C\C(N)=O)cc2)C1. The minimum absolute atomic E-state index is 0.413. The van der Waals surface area contributed by atoms with Crippen molar-refractivity contribution in [3.05, 3.63) is 35.9 Å². The molecule has 2 N–H and O–H groups in total. The Morgan fingerprint density at radius 2 is 2.11 bits per heavy atom. The van der Waals surface area contributed by atoms with Crippen molar-refractivity contribution in [3.63, 3.8) is 0 Å². The number of benzene rings is 1. The molecule has 3 nitrogen and oxygen atoms in total. The average Bonchev–Trinajstić information content (AvgIpc) is 2.37. The van der Waals surface area contributed by atoms with Gasteiger partial charge in [-0.05, 0) is 42.5 Å². The Bertz CT molecular complexity index is 436. The number of nitrogens with two attached hydrogens (primary N) is 1. The summed E-state index contributed by atoms with van der Waals surface area (Å²) in [6.07, 6.45) is 5.73. The fourth-order valence-electron chi connectivity index (χ4n) is 2.40. The summed E-state index contributed by atoms with van der Waals surface area (Å²) in [6.45, 7) is 4.58. The van der Waals surface area contributed by atoms with E-state index in [-0.39, 0.29) is 0 Å². The van der Waals surface area contributed by atoms with E-state index in [9.17, 15) is 4.79 Å². The van der Waals surface area contributed by atoms with E-state index in [1.807, 2.05) is 12.1 Å². The maximum Gasteiger partial charge on any atom is 0.241 e. The van der Waals surface area contributed by atoms with Crippen LogP contribution in [0.3, 0.4) is 0 Å². The van der Waals surface area contributed by atoms with Crippen LogP contribution in [0.2, 0.25) is 0 Å². The van der Waals surface area contributed by atoms with Crippen LogP contribution in [0.1, 0.15) is 25.3 Å². The van der Waals surface area contributed by atoms with Gasteiger partial charge in [0.15, 0.2) is 0 Å². The summed E-state index contributed by atoms with van der Waals surface area (Å²) >= 11 is 0. The van der Waals surface area contributed by atoms with Crippen molar-refractivity contribution in [1.29, 1.82) is 0 Å². The molecule has 0 spiro atoms. The van der Waals surface area contributed by atoms with Crippen molar-refractivity contribution in [3.8, 4) is 0 Å². The highest BCUT2D eigenvalue weighted by atomic mass is 16.1. The third-order valence-electron chi connectivity index (χ3n) is 3.36. The van der Waals surface area contributed by atoms with Crippen LogP contribution in [0.15, 0.2) is 30.3 Å². The van der Waals surface area contributed by atoms with Gasteiger partial charge in [-0.25, -0.2) is 0 Å². The summed E-state index contributed by atoms with van der Waals surface area (Å²) in [7, 11) is 0. The predicted octanol–water partition coefficient (Wildman–Crippen LogP) is 2.42. The molecule has 0 radical (unpaired) electrons. The number of amides is 1. The molecule has 1 unspecified atom stereocenters. The maximum absolute atomic E-state index is 10.7. The number of anilines is 1.